The molecule has 0 aromatic carbocycles. The van der Waals surface area contributed by atoms with Crippen LogP contribution in [0.3, 0.4) is 0 Å². The van der Waals surface area contributed by atoms with Crippen molar-refractivity contribution in [3.05, 3.63) is 29.6 Å². The Morgan fingerprint density at radius 1 is 1.33 bits per heavy atom. The lowest BCUT2D eigenvalue weighted by Gasteiger charge is -2.10. The minimum absolute atomic E-state index is 0.383. The molecule has 1 atom stereocenters. The number of aryl methyl sites for hydroxylation is 2. The molecule has 0 fully saturated rings. The molecular formula is C12H19N5O. The largest absolute Gasteiger partial charge is 0.391 e. The summed E-state index contributed by atoms with van der Waals surface area (Å²) in [7, 11) is 0. The fraction of sp³-hybridized carbons (Fsp3) is 0.583. The second-order valence-electron chi connectivity index (χ2n) is 4.51. The molecule has 0 unspecified atom stereocenters. The van der Waals surface area contributed by atoms with Crippen LogP contribution in [0, 0.1) is 13.8 Å². The van der Waals surface area contributed by atoms with Crippen LogP contribution in [0.2, 0.25) is 0 Å². The van der Waals surface area contributed by atoms with Crippen molar-refractivity contribution < 1.29 is 5.11 Å². The molecule has 18 heavy (non-hydrogen) atoms. The van der Waals surface area contributed by atoms with Crippen molar-refractivity contribution in [2.75, 3.05) is 0 Å². The van der Waals surface area contributed by atoms with Crippen molar-refractivity contribution in [3.63, 3.8) is 0 Å². The van der Waals surface area contributed by atoms with Crippen LogP contribution >= 0.6 is 0 Å². The van der Waals surface area contributed by atoms with E-state index in [2.05, 4.69) is 15.2 Å². The number of aromatic nitrogens is 5. The maximum atomic E-state index is 9.67. The van der Waals surface area contributed by atoms with E-state index in [9.17, 15) is 5.11 Å². The van der Waals surface area contributed by atoms with Crippen molar-refractivity contribution in [1.29, 1.82) is 0 Å². The zero-order valence-electron chi connectivity index (χ0n) is 11.0. The third-order valence-corrected chi connectivity index (χ3v) is 2.95. The Bertz CT molecular complexity index is 516. The topological polar surface area (TPSA) is 68.8 Å². The molecule has 0 bridgehead atoms. The minimum Gasteiger partial charge on any atom is -0.391 e. The van der Waals surface area contributed by atoms with E-state index >= 15 is 0 Å². The summed E-state index contributed by atoms with van der Waals surface area (Å²) in [4.78, 5) is 4.23. The molecule has 0 aliphatic heterocycles. The predicted molar refractivity (Wildman–Crippen MR) is 67.1 cm³/mol. The van der Waals surface area contributed by atoms with Gasteiger partial charge in [-0.25, -0.2) is 9.67 Å². The van der Waals surface area contributed by atoms with Crippen LogP contribution in [0.5, 0.6) is 0 Å². The maximum absolute atomic E-state index is 9.67. The van der Waals surface area contributed by atoms with Gasteiger partial charge in [0.25, 0.3) is 0 Å². The van der Waals surface area contributed by atoms with E-state index < -0.39 is 0 Å². The Kier molecular flexibility index (Phi) is 3.76. The average Bonchev–Trinajstić information content (AvgIpc) is 2.87. The highest BCUT2D eigenvalue weighted by molar-refractivity contribution is 5.07. The lowest BCUT2D eigenvalue weighted by Crippen LogP contribution is -2.19. The Morgan fingerprint density at radius 3 is 2.72 bits per heavy atom. The van der Waals surface area contributed by atoms with Gasteiger partial charge < -0.3 is 5.11 Å². The number of nitrogens with zero attached hydrogens (tertiary/aromatic N) is 5. The summed E-state index contributed by atoms with van der Waals surface area (Å²) in [6.07, 6.45) is 1.84. The minimum atomic E-state index is -0.383. The monoisotopic (exact) mass is 249 g/mol. The van der Waals surface area contributed by atoms with Crippen LogP contribution in [0.4, 0.5) is 0 Å². The molecule has 0 saturated heterocycles. The van der Waals surface area contributed by atoms with Crippen molar-refractivity contribution in [3.8, 4) is 0 Å². The van der Waals surface area contributed by atoms with Gasteiger partial charge in [0, 0.05) is 5.69 Å². The van der Waals surface area contributed by atoms with Crippen molar-refractivity contribution >= 4 is 0 Å². The number of aliphatic hydroxyl groups excluding tert-OH is 1. The molecule has 2 aromatic heterocycles. The normalized spacial score (nSPS) is 12.9. The van der Waals surface area contributed by atoms with Crippen LogP contribution in [-0.2, 0) is 13.1 Å². The lowest BCUT2D eigenvalue weighted by atomic mass is 10.3. The number of aliphatic hydroxyl groups is 1. The van der Waals surface area contributed by atoms with Gasteiger partial charge in [-0.1, -0.05) is 6.92 Å². The van der Waals surface area contributed by atoms with Crippen LogP contribution in [0.1, 0.15) is 30.6 Å². The predicted octanol–water partition coefficient (Wildman–Crippen LogP) is 0.911. The summed E-state index contributed by atoms with van der Waals surface area (Å²) in [5, 5.41) is 18.2. The summed E-state index contributed by atoms with van der Waals surface area (Å²) in [5.41, 5.74) is 2.09. The SMILES string of the molecule is CC[C@H](O)Cn1ncnc1Cn1nc(C)cc1C. The molecule has 2 aromatic rings. The van der Waals surface area contributed by atoms with Gasteiger partial charge in [0.15, 0.2) is 0 Å². The molecule has 1 N–H and O–H groups in total. The number of rotatable bonds is 5. The molecule has 2 rings (SSSR count). The molecule has 0 amide bonds. The highest BCUT2D eigenvalue weighted by Crippen LogP contribution is 2.06. The average molecular weight is 249 g/mol. The summed E-state index contributed by atoms with van der Waals surface area (Å²) in [5.74, 6) is 0.814. The van der Waals surface area contributed by atoms with Gasteiger partial charge in [0.05, 0.1) is 18.3 Å². The summed E-state index contributed by atoms with van der Waals surface area (Å²) < 4.78 is 3.64. The molecular weight excluding hydrogens is 230 g/mol. The molecule has 6 nitrogen and oxygen atoms in total. The third-order valence-electron chi connectivity index (χ3n) is 2.95. The molecule has 0 aliphatic carbocycles. The second kappa shape index (κ2) is 5.30. The van der Waals surface area contributed by atoms with Gasteiger partial charge in [-0.05, 0) is 26.3 Å². The molecule has 0 spiro atoms. The molecule has 98 valence electrons. The van der Waals surface area contributed by atoms with E-state index in [0.29, 0.717) is 19.5 Å². The molecule has 2 heterocycles. The van der Waals surface area contributed by atoms with Gasteiger partial charge >= 0.3 is 0 Å². The van der Waals surface area contributed by atoms with E-state index in [1.54, 1.807) is 4.68 Å². The molecule has 0 radical (unpaired) electrons. The van der Waals surface area contributed by atoms with Gasteiger partial charge in [-0.15, -0.1) is 0 Å². The van der Waals surface area contributed by atoms with Crippen molar-refractivity contribution in [2.45, 2.75) is 46.4 Å². The maximum Gasteiger partial charge on any atom is 0.148 e. The van der Waals surface area contributed by atoms with E-state index in [1.807, 2.05) is 31.5 Å². The van der Waals surface area contributed by atoms with Crippen LogP contribution in [0.25, 0.3) is 0 Å². The Hall–Kier alpha value is -1.69. The van der Waals surface area contributed by atoms with Gasteiger partial charge in [-0.2, -0.15) is 10.2 Å². The lowest BCUT2D eigenvalue weighted by molar-refractivity contribution is 0.143. The van der Waals surface area contributed by atoms with Crippen molar-refractivity contribution in [1.82, 2.24) is 24.5 Å². The quantitative estimate of drug-likeness (QED) is 0.855. The first-order valence-electron chi connectivity index (χ1n) is 6.16. The van der Waals surface area contributed by atoms with E-state index in [4.69, 9.17) is 0 Å². The second-order valence-corrected chi connectivity index (χ2v) is 4.51. The first-order valence-corrected chi connectivity index (χ1v) is 6.16. The van der Waals surface area contributed by atoms with Gasteiger partial charge in [-0.3, -0.25) is 4.68 Å². The Labute approximate surface area is 106 Å². The van der Waals surface area contributed by atoms with E-state index in [1.165, 1.54) is 6.33 Å². The zero-order chi connectivity index (χ0) is 13.1. The number of hydrogen-bond donors (Lipinski definition) is 1. The summed E-state index contributed by atoms with van der Waals surface area (Å²) in [6, 6.07) is 2.03. The molecule has 6 heteroatoms. The smallest absolute Gasteiger partial charge is 0.148 e. The first-order chi connectivity index (χ1) is 8.60. The highest BCUT2D eigenvalue weighted by Gasteiger charge is 2.11. The van der Waals surface area contributed by atoms with E-state index in [-0.39, 0.29) is 6.10 Å². The standard InChI is InChI=1S/C12H19N5O/c1-4-11(18)6-17-12(13-8-14-17)7-16-10(3)5-9(2)15-16/h5,8,11,18H,4,6-7H2,1-3H3/t11-/m0/s1. The number of hydrogen-bond acceptors (Lipinski definition) is 4. The Balaban J connectivity index is 2.14. The third kappa shape index (κ3) is 2.76. The zero-order valence-corrected chi connectivity index (χ0v) is 11.0. The van der Waals surface area contributed by atoms with Crippen LogP contribution in [0.15, 0.2) is 12.4 Å². The Morgan fingerprint density at radius 2 is 2.11 bits per heavy atom. The molecule has 0 saturated carbocycles. The summed E-state index contributed by atoms with van der Waals surface area (Å²) in [6.45, 7) is 6.99. The van der Waals surface area contributed by atoms with E-state index in [0.717, 1.165) is 17.2 Å². The highest BCUT2D eigenvalue weighted by atomic mass is 16.3. The fourth-order valence-electron chi connectivity index (χ4n) is 1.86. The van der Waals surface area contributed by atoms with Gasteiger partial charge in [0.2, 0.25) is 0 Å². The van der Waals surface area contributed by atoms with Crippen molar-refractivity contribution in [2.24, 2.45) is 0 Å². The fourth-order valence-corrected chi connectivity index (χ4v) is 1.86. The van der Waals surface area contributed by atoms with Crippen LogP contribution < -0.4 is 0 Å². The first kappa shape index (κ1) is 12.8. The van der Waals surface area contributed by atoms with Crippen LogP contribution in [-0.4, -0.2) is 35.8 Å². The van der Waals surface area contributed by atoms with Gasteiger partial charge in [0.1, 0.15) is 18.7 Å². The molecule has 0 aliphatic rings. The summed E-state index contributed by atoms with van der Waals surface area (Å²) >= 11 is 0.